The summed E-state index contributed by atoms with van der Waals surface area (Å²) in [7, 11) is 1.64. The number of nitrogens with zero attached hydrogens (tertiary/aromatic N) is 7. The third-order valence-corrected chi connectivity index (χ3v) is 4.68. The third kappa shape index (κ3) is 2.89. The van der Waals surface area contributed by atoms with Crippen molar-refractivity contribution in [3.63, 3.8) is 0 Å². The number of hydrogen-bond donors (Lipinski definition) is 1. The number of aromatic nitrogens is 6. The highest BCUT2D eigenvalue weighted by Gasteiger charge is 2.28. The number of rotatable bonds is 6. The van der Waals surface area contributed by atoms with Crippen molar-refractivity contribution in [2.24, 2.45) is 5.92 Å². The molecule has 1 aliphatic heterocycles. The highest BCUT2D eigenvalue weighted by atomic mass is 32.1. The molecule has 4 heterocycles. The first-order valence-electron chi connectivity index (χ1n) is 7.72. The van der Waals surface area contributed by atoms with Crippen LogP contribution in [-0.4, -0.2) is 55.9 Å². The Labute approximate surface area is 142 Å². The van der Waals surface area contributed by atoms with Gasteiger partial charge in [-0.1, -0.05) is 0 Å². The minimum Gasteiger partial charge on any atom is -0.377 e. The Kier molecular flexibility index (Phi) is 3.98. The average Bonchev–Trinajstić information content (AvgIpc) is 3.14. The minimum absolute atomic E-state index is 0.450. The SMILES string of the molecule is COCc1nsc(NCC2CN(c3ccc4nnc(C)n4n3)C2)n1. The van der Waals surface area contributed by atoms with Crippen LogP contribution in [0.2, 0.25) is 0 Å². The molecule has 1 saturated heterocycles. The molecule has 0 aliphatic carbocycles. The second-order valence-electron chi connectivity index (χ2n) is 5.81. The van der Waals surface area contributed by atoms with Gasteiger partial charge in [0.25, 0.3) is 0 Å². The molecule has 24 heavy (non-hydrogen) atoms. The van der Waals surface area contributed by atoms with Gasteiger partial charge in [-0.3, -0.25) is 0 Å². The summed E-state index contributed by atoms with van der Waals surface area (Å²) in [6.07, 6.45) is 0. The van der Waals surface area contributed by atoms with Crippen molar-refractivity contribution in [3.05, 3.63) is 23.8 Å². The molecule has 0 amide bonds. The number of fused-ring (bicyclic) bond motifs is 1. The van der Waals surface area contributed by atoms with Crippen LogP contribution in [0.25, 0.3) is 5.65 Å². The number of anilines is 2. The molecule has 0 saturated carbocycles. The van der Waals surface area contributed by atoms with Gasteiger partial charge in [-0.25, -0.2) is 4.98 Å². The third-order valence-electron chi connectivity index (χ3n) is 3.97. The molecular weight excluding hydrogens is 328 g/mol. The van der Waals surface area contributed by atoms with Crippen LogP contribution >= 0.6 is 11.5 Å². The van der Waals surface area contributed by atoms with Crippen molar-refractivity contribution < 1.29 is 4.74 Å². The summed E-state index contributed by atoms with van der Waals surface area (Å²) in [6, 6.07) is 3.95. The van der Waals surface area contributed by atoms with Crippen LogP contribution in [0.5, 0.6) is 0 Å². The van der Waals surface area contributed by atoms with Crippen molar-refractivity contribution in [1.82, 2.24) is 29.2 Å². The maximum absolute atomic E-state index is 5.02. The largest absolute Gasteiger partial charge is 0.377 e. The molecule has 0 spiro atoms. The fraction of sp³-hybridized carbons (Fsp3) is 0.500. The first-order valence-corrected chi connectivity index (χ1v) is 8.49. The first-order chi connectivity index (χ1) is 11.7. The number of ether oxygens (including phenoxy) is 1. The Bertz CT molecular complexity index is 840. The lowest BCUT2D eigenvalue weighted by molar-refractivity contribution is 0.179. The van der Waals surface area contributed by atoms with Crippen LogP contribution in [0.15, 0.2) is 12.1 Å². The van der Waals surface area contributed by atoms with Crippen LogP contribution in [0.3, 0.4) is 0 Å². The second kappa shape index (κ2) is 6.29. The molecule has 0 aromatic carbocycles. The number of nitrogens with one attached hydrogen (secondary N) is 1. The van der Waals surface area contributed by atoms with Gasteiger partial charge in [0.1, 0.15) is 12.4 Å². The summed E-state index contributed by atoms with van der Waals surface area (Å²) >= 11 is 1.37. The standard InChI is InChI=1S/C14H18N8OS/c1-9-17-18-12-3-4-13(19-22(9)12)21-6-10(7-21)5-15-14-16-11(8-23-2)20-24-14/h3-4,10H,5-8H2,1-2H3,(H,15,16,20). The summed E-state index contributed by atoms with van der Waals surface area (Å²) in [5.41, 5.74) is 0.776. The number of hydrogen-bond acceptors (Lipinski definition) is 9. The van der Waals surface area contributed by atoms with Gasteiger partial charge in [0, 0.05) is 44.2 Å². The van der Waals surface area contributed by atoms with Crippen LogP contribution in [-0.2, 0) is 11.3 Å². The summed E-state index contributed by atoms with van der Waals surface area (Å²) < 4.78 is 11.0. The average molecular weight is 346 g/mol. The van der Waals surface area contributed by atoms with E-state index < -0.39 is 0 Å². The van der Waals surface area contributed by atoms with Crippen molar-refractivity contribution in [2.45, 2.75) is 13.5 Å². The lowest BCUT2D eigenvalue weighted by atomic mass is 10.0. The zero-order valence-corrected chi connectivity index (χ0v) is 14.3. The topological polar surface area (TPSA) is 93.4 Å². The van der Waals surface area contributed by atoms with Crippen molar-refractivity contribution >= 4 is 28.1 Å². The molecule has 0 bridgehead atoms. The maximum Gasteiger partial charge on any atom is 0.202 e. The smallest absolute Gasteiger partial charge is 0.202 e. The molecule has 10 heteroatoms. The number of methoxy groups -OCH3 is 1. The fourth-order valence-electron chi connectivity index (χ4n) is 2.69. The molecule has 3 aromatic rings. The van der Waals surface area contributed by atoms with E-state index in [1.807, 2.05) is 19.1 Å². The van der Waals surface area contributed by atoms with Gasteiger partial charge < -0.3 is 15.0 Å². The summed E-state index contributed by atoms with van der Waals surface area (Å²) in [5.74, 6) is 3.05. The normalized spacial score (nSPS) is 15.0. The van der Waals surface area contributed by atoms with Gasteiger partial charge in [-0.15, -0.1) is 15.3 Å². The Hall–Kier alpha value is -2.33. The van der Waals surface area contributed by atoms with Crippen molar-refractivity contribution in [3.8, 4) is 0 Å². The molecule has 126 valence electrons. The van der Waals surface area contributed by atoms with E-state index >= 15 is 0 Å². The summed E-state index contributed by atoms with van der Waals surface area (Å²) in [6.45, 7) is 5.17. The van der Waals surface area contributed by atoms with Gasteiger partial charge in [0.15, 0.2) is 17.3 Å². The Morgan fingerprint density at radius 1 is 1.33 bits per heavy atom. The lowest BCUT2D eigenvalue weighted by Crippen LogP contribution is -2.50. The Balaban J connectivity index is 1.31. The molecular formula is C14H18N8OS. The highest BCUT2D eigenvalue weighted by Crippen LogP contribution is 2.23. The van der Waals surface area contributed by atoms with E-state index in [9.17, 15) is 0 Å². The molecule has 4 rings (SSSR count). The zero-order valence-electron chi connectivity index (χ0n) is 13.5. The van der Waals surface area contributed by atoms with E-state index in [2.05, 4.69) is 34.9 Å². The monoisotopic (exact) mass is 346 g/mol. The highest BCUT2D eigenvalue weighted by molar-refractivity contribution is 7.09. The number of aryl methyl sites for hydroxylation is 1. The molecule has 0 radical (unpaired) electrons. The Morgan fingerprint density at radius 2 is 2.21 bits per heavy atom. The van der Waals surface area contributed by atoms with E-state index in [1.54, 1.807) is 11.6 Å². The van der Waals surface area contributed by atoms with Crippen LogP contribution < -0.4 is 10.2 Å². The predicted molar refractivity (Wildman–Crippen MR) is 90.3 cm³/mol. The van der Waals surface area contributed by atoms with E-state index in [0.29, 0.717) is 12.5 Å². The predicted octanol–water partition coefficient (Wildman–Crippen LogP) is 0.979. The van der Waals surface area contributed by atoms with Crippen LogP contribution in [0.1, 0.15) is 11.6 Å². The van der Waals surface area contributed by atoms with Crippen molar-refractivity contribution in [2.75, 3.05) is 37.0 Å². The summed E-state index contributed by atoms with van der Waals surface area (Å²) in [4.78, 5) is 6.63. The van der Waals surface area contributed by atoms with Crippen LogP contribution in [0, 0.1) is 12.8 Å². The van der Waals surface area contributed by atoms with E-state index in [4.69, 9.17) is 4.74 Å². The van der Waals surface area contributed by atoms with Gasteiger partial charge in [-0.05, 0) is 19.1 Å². The molecule has 1 fully saturated rings. The van der Waals surface area contributed by atoms with Gasteiger partial charge in [0.2, 0.25) is 5.13 Å². The maximum atomic E-state index is 5.02. The lowest BCUT2D eigenvalue weighted by Gasteiger charge is -2.40. The fourth-order valence-corrected chi connectivity index (χ4v) is 3.27. The first kappa shape index (κ1) is 15.2. The minimum atomic E-state index is 0.450. The van der Waals surface area contributed by atoms with E-state index in [-0.39, 0.29) is 0 Å². The Morgan fingerprint density at radius 3 is 3.04 bits per heavy atom. The molecule has 1 aliphatic rings. The van der Waals surface area contributed by atoms with E-state index in [1.165, 1.54) is 11.5 Å². The van der Waals surface area contributed by atoms with Crippen LogP contribution in [0.4, 0.5) is 10.9 Å². The van der Waals surface area contributed by atoms with Gasteiger partial charge in [-0.2, -0.15) is 8.89 Å². The molecule has 3 aromatic heterocycles. The molecule has 0 unspecified atom stereocenters. The quantitative estimate of drug-likeness (QED) is 0.706. The van der Waals surface area contributed by atoms with E-state index in [0.717, 1.165) is 47.9 Å². The van der Waals surface area contributed by atoms with Crippen molar-refractivity contribution in [1.29, 1.82) is 0 Å². The molecule has 1 N–H and O–H groups in total. The summed E-state index contributed by atoms with van der Waals surface area (Å²) in [5, 5.41) is 16.9. The molecule has 9 nitrogen and oxygen atoms in total. The zero-order chi connectivity index (χ0) is 16.5. The van der Waals surface area contributed by atoms with Gasteiger partial charge in [0.05, 0.1) is 0 Å². The van der Waals surface area contributed by atoms with Gasteiger partial charge >= 0.3 is 0 Å². The second-order valence-corrected chi connectivity index (χ2v) is 6.56. The molecule has 0 atom stereocenters.